The average Bonchev–Trinajstić information content (AvgIpc) is 3.20. The van der Waals surface area contributed by atoms with Crippen molar-refractivity contribution in [3.8, 4) is 11.6 Å². The van der Waals surface area contributed by atoms with Gasteiger partial charge in [0, 0.05) is 55.9 Å². The normalized spacial score (nSPS) is 20.2. The van der Waals surface area contributed by atoms with E-state index in [1.165, 1.54) is 0 Å². The molecule has 0 saturated carbocycles. The van der Waals surface area contributed by atoms with Gasteiger partial charge >= 0.3 is 0 Å². The summed E-state index contributed by atoms with van der Waals surface area (Å²) < 4.78 is 5.41. The molecule has 0 unspecified atom stereocenters. The van der Waals surface area contributed by atoms with E-state index in [-0.39, 0.29) is 23.9 Å². The Morgan fingerprint density at radius 2 is 2.00 bits per heavy atom. The summed E-state index contributed by atoms with van der Waals surface area (Å²) in [6, 6.07) is 1.90. The predicted molar refractivity (Wildman–Crippen MR) is 106 cm³/mol. The van der Waals surface area contributed by atoms with E-state index in [1.807, 2.05) is 4.90 Å². The third kappa shape index (κ3) is 4.51. The Morgan fingerprint density at radius 3 is 2.72 bits per heavy atom. The zero-order chi connectivity index (χ0) is 20.2. The van der Waals surface area contributed by atoms with Crippen LogP contribution in [0.5, 0.6) is 0 Å². The number of carbonyl (C=O) groups excluding carboxylic acids is 1. The Bertz CT molecular complexity index is 910. The Hall–Kier alpha value is -2.65. The van der Waals surface area contributed by atoms with Gasteiger partial charge in [0.1, 0.15) is 0 Å². The molecule has 4 heterocycles. The van der Waals surface area contributed by atoms with Crippen molar-refractivity contribution in [3.63, 3.8) is 0 Å². The molecule has 29 heavy (non-hydrogen) atoms. The van der Waals surface area contributed by atoms with Crippen molar-refractivity contribution in [2.75, 3.05) is 39.4 Å². The summed E-state index contributed by atoms with van der Waals surface area (Å²) in [4.78, 5) is 45.3. The molecule has 0 radical (unpaired) electrons. The number of nitrogens with one attached hydrogen (secondary N) is 1. The number of aryl methyl sites for hydroxylation is 1. The Labute approximate surface area is 169 Å². The molecule has 9 nitrogen and oxygen atoms in total. The number of hydrogen-bond acceptors (Lipinski definition) is 7. The minimum absolute atomic E-state index is 0.0140. The number of amides is 1. The van der Waals surface area contributed by atoms with Crippen LogP contribution in [0.1, 0.15) is 24.1 Å². The van der Waals surface area contributed by atoms with Crippen molar-refractivity contribution < 1.29 is 9.53 Å². The van der Waals surface area contributed by atoms with Gasteiger partial charge in [0.05, 0.1) is 19.6 Å². The molecule has 0 aliphatic carbocycles. The molecule has 1 N–H and O–H groups in total. The molecule has 154 valence electrons. The van der Waals surface area contributed by atoms with Crippen LogP contribution in [0, 0.1) is 6.92 Å². The lowest BCUT2D eigenvalue weighted by Crippen LogP contribution is -2.47. The topological polar surface area (TPSA) is 104 Å². The van der Waals surface area contributed by atoms with Crippen molar-refractivity contribution in [3.05, 3.63) is 40.1 Å². The summed E-state index contributed by atoms with van der Waals surface area (Å²) in [6.45, 7) is 6.67. The van der Waals surface area contributed by atoms with Crippen LogP contribution in [0.2, 0.25) is 0 Å². The van der Waals surface area contributed by atoms with Crippen molar-refractivity contribution in [1.82, 2.24) is 29.7 Å². The monoisotopic (exact) mass is 398 g/mol. The van der Waals surface area contributed by atoms with E-state index in [1.54, 1.807) is 25.4 Å². The van der Waals surface area contributed by atoms with Crippen molar-refractivity contribution in [2.45, 2.75) is 32.2 Å². The number of aromatic nitrogens is 4. The maximum absolute atomic E-state index is 13.0. The van der Waals surface area contributed by atoms with E-state index >= 15 is 0 Å². The Balaban J connectivity index is 1.47. The van der Waals surface area contributed by atoms with E-state index in [2.05, 4.69) is 24.8 Å². The van der Waals surface area contributed by atoms with Gasteiger partial charge in [-0.2, -0.15) is 0 Å². The van der Waals surface area contributed by atoms with Crippen LogP contribution in [-0.2, 0) is 16.0 Å². The number of rotatable bonds is 5. The first kappa shape index (κ1) is 19.7. The molecule has 2 saturated heterocycles. The second kappa shape index (κ2) is 8.79. The maximum atomic E-state index is 13.0. The highest BCUT2D eigenvalue weighted by molar-refractivity contribution is 5.79. The SMILES string of the molecule is Cc1nc(-c2ncccn2)[nH]c(=O)c1CC(=O)N1CCC[C@H]1CN1CCOCC1. The molecule has 2 fully saturated rings. The van der Waals surface area contributed by atoms with E-state index < -0.39 is 0 Å². The molecule has 2 aromatic heterocycles. The fraction of sp³-hybridized carbons (Fsp3) is 0.550. The molecule has 0 aromatic carbocycles. The molecule has 1 amide bonds. The zero-order valence-electron chi connectivity index (χ0n) is 16.6. The molecule has 4 rings (SSSR count). The number of morpholine rings is 1. The van der Waals surface area contributed by atoms with Gasteiger partial charge in [-0.1, -0.05) is 0 Å². The molecule has 2 aliphatic heterocycles. The number of ether oxygens (including phenoxy) is 1. The van der Waals surface area contributed by atoms with E-state index in [0.29, 0.717) is 22.9 Å². The standard InChI is InChI=1S/C20H26N6O3/c1-14-16(20(28)24-19(23-14)18-21-5-3-6-22-18)12-17(27)26-7-2-4-15(26)13-25-8-10-29-11-9-25/h3,5-6,15H,2,4,7-13H2,1H3,(H,23,24,28)/t15-/m0/s1. The lowest BCUT2D eigenvalue weighted by Gasteiger charge is -2.33. The van der Waals surface area contributed by atoms with E-state index in [4.69, 9.17) is 4.74 Å². The summed E-state index contributed by atoms with van der Waals surface area (Å²) in [5.41, 5.74) is 0.636. The van der Waals surface area contributed by atoms with Gasteiger partial charge < -0.3 is 14.6 Å². The number of hydrogen-bond donors (Lipinski definition) is 1. The van der Waals surface area contributed by atoms with Crippen LogP contribution in [0.4, 0.5) is 0 Å². The second-order valence-electron chi connectivity index (χ2n) is 7.52. The van der Waals surface area contributed by atoms with Gasteiger partial charge in [-0.25, -0.2) is 15.0 Å². The van der Waals surface area contributed by atoms with E-state index in [0.717, 1.165) is 52.2 Å². The number of aromatic amines is 1. The Kier molecular flexibility index (Phi) is 5.96. The van der Waals surface area contributed by atoms with Crippen LogP contribution in [0.25, 0.3) is 11.6 Å². The largest absolute Gasteiger partial charge is 0.379 e. The van der Waals surface area contributed by atoms with Gasteiger partial charge in [-0.15, -0.1) is 0 Å². The van der Waals surface area contributed by atoms with Crippen LogP contribution in [-0.4, -0.2) is 81.1 Å². The zero-order valence-corrected chi connectivity index (χ0v) is 16.6. The third-order valence-corrected chi connectivity index (χ3v) is 5.60. The Morgan fingerprint density at radius 1 is 1.24 bits per heavy atom. The predicted octanol–water partition coefficient (Wildman–Crippen LogP) is 0.401. The maximum Gasteiger partial charge on any atom is 0.255 e. The van der Waals surface area contributed by atoms with Crippen LogP contribution in [0.15, 0.2) is 23.3 Å². The number of likely N-dealkylation sites (tertiary alicyclic amines) is 1. The summed E-state index contributed by atoms with van der Waals surface area (Å²) in [5.74, 6) is 0.659. The molecular weight excluding hydrogens is 372 g/mol. The number of carbonyl (C=O) groups is 1. The summed E-state index contributed by atoms with van der Waals surface area (Å²) in [6.07, 6.45) is 5.25. The van der Waals surface area contributed by atoms with Crippen molar-refractivity contribution >= 4 is 5.91 Å². The molecule has 9 heteroatoms. The number of nitrogens with zero attached hydrogens (tertiary/aromatic N) is 5. The highest BCUT2D eigenvalue weighted by Crippen LogP contribution is 2.20. The highest BCUT2D eigenvalue weighted by atomic mass is 16.5. The molecule has 2 aliphatic rings. The molecule has 1 atom stereocenters. The van der Waals surface area contributed by atoms with E-state index in [9.17, 15) is 9.59 Å². The first-order valence-electron chi connectivity index (χ1n) is 10.1. The fourth-order valence-electron chi connectivity index (χ4n) is 4.03. The summed E-state index contributed by atoms with van der Waals surface area (Å²) >= 11 is 0. The van der Waals surface area contributed by atoms with Gasteiger partial charge in [0.2, 0.25) is 5.91 Å². The summed E-state index contributed by atoms with van der Waals surface area (Å²) in [5, 5.41) is 0. The van der Waals surface area contributed by atoms with Crippen LogP contribution in [0.3, 0.4) is 0 Å². The quantitative estimate of drug-likeness (QED) is 0.777. The third-order valence-electron chi connectivity index (χ3n) is 5.60. The fourth-order valence-corrected chi connectivity index (χ4v) is 4.03. The van der Waals surface area contributed by atoms with Gasteiger partial charge in [0.15, 0.2) is 11.6 Å². The van der Waals surface area contributed by atoms with Gasteiger partial charge in [0.25, 0.3) is 5.56 Å². The lowest BCUT2D eigenvalue weighted by molar-refractivity contribution is -0.131. The van der Waals surface area contributed by atoms with Gasteiger partial charge in [-0.05, 0) is 25.8 Å². The van der Waals surface area contributed by atoms with Crippen molar-refractivity contribution in [2.24, 2.45) is 0 Å². The molecular formula is C20H26N6O3. The first-order valence-corrected chi connectivity index (χ1v) is 10.1. The highest BCUT2D eigenvalue weighted by Gasteiger charge is 2.31. The minimum atomic E-state index is -0.308. The first-order chi connectivity index (χ1) is 14.1. The summed E-state index contributed by atoms with van der Waals surface area (Å²) in [7, 11) is 0. The van der Waals surface area contributed by atoms with Gasteiger partial charge in [-0.3, -0.25) is 14.5 Å². The lowest BCUT2D eigenvalue weighted by atomic mass is 10.1. The van der Waals surface area contributed by atoms with Crippen molar-refractivity contribution in [1.29, 1.82) is 0 Å². The second-order valence-corrected chi connectivity index (χ2v) is 7.52. The molecule has 2 aromatic rings. The smallest absolute Gasteiger partial charge is 0.255 e. The molecule has 0 bridgehead atoms. The minimum Gasteiger partial charge on any atom is -0.379 e. The van der Waals surface area contributed by atoms with Crippen LogP contribution >= 0.6 is 0 Å². The average molecular weight is 398 g/mol. The van der Waals surface area contributed by atoms with Crippen LogP contribution < -0.4 is 5.56 Å². The molecule has 0 spiro atoms. The number of H-pyrrole nitrogens is 1.